The van der Waals surface area contributed by atoms with E-state index in [1.165, 1.54) is 0 Å². The molecule has 0 aromatic heterocycles. The summed E-state index contributed by atoms with van der Waals surface area (Å²) in [5.41, 5.74) is 12.8. The lowest BCUT2D eigenvalue weighted by molar-refractivity contribution is -0.320. The van der Waals surface area contributed by atoms with E-state index in [4.69, 9.17) is 16.6 Å². The molecule has 9 heteroatoms. The Morgan fingerprint density at radius 3 is 2.32 bits per heavy atom. The normalized spacial score (nSPS) is 14.6. The van der Waals surface area contributed by atoms with Gasteiger partial charge in [-0.1, -0.05) is 4.99 Å². The van der Waals surface area contributed by atoms with E-state index in [0.29, 0.717) is 0 Å². The van der Waals surface area contributed by atoms with Gasteiger partial charge < -0.3 is 21.9 Å². The highest BCUT2D eigenvalue weighted by Gasteiger charge is 2.20. The molecular weight excluding hydrogens is 256 g/mol. The summed E-state index contributed by atoms with van der Waals surface area (Å²) in [7, 11) is 0. The minimum Gasteiger partial charge on any atom is -0.394 e. The number of hydrogen-bond donors (Lipinski definition) is 5. The average Bonchev–Trinajstić information content (AvgIpc) is 2.32. The van der Waals surface area contributed by atoms with Gasteiger partial charge >= 0.3 is 5.97 Å². The van der Waals surface area contributed by atoms with Gasteiger partial charge in [0.25, 0.3) is 0 Å². The molecule has 0 heterocycles. The fraction of sp³-hybridized carbons (Fsp3) is 0.800. The lowest BCUT2D eigenvalue weighted by Crippen LogP contribution is -2.49. The Bertz CT molecular complexity index is 305. The monoisotopic (exact) mass is 278 g/mol. The van der Waals surface area contributed by atoms with Crippen LogP contribution in [0.25, 0.3) is 0 Å². The van der Waals surface area contributed by atoms with Gasteiger partial charge in [-0.05, 0) is 20.8 Å². The van der Waals surface area contributed by atoms with Crippen molar-refractivity contribution in [1.29, 1.82) is 0 Å². The number of nitrogens with two attached hydrogens (primary N) is 2. The van der Waals surface area contributed by atoms with Gasteiger partial charge in [0.2, 0.25) is 5.91 Å². The van der Waals surface area contributed by atoms with E-state index in [1.807, 2.05) is 0 Å². The van der Waals surface area contributed by atoms with Crippen molar-refractivity contribution < 1.29 is 24.6 Å². The van der Waals surface area contributed by atoms with E-state index in [2.05, 4.69) is 20.7 Å². The summed E-state index contributed by atoms with van der Waals surface area (Å²) in [4.78, 5) is 31.4. The Kier molecular flexibility index (Phi) is 7.49. The van der Waals surface area contributed by atoms with Gasteiger partial charge in [0.15, 0.2) is 0 Å². The highest BCUT2D eigenvalue weighted by atomic mass is 17.3. The lowest BCUT2D eigenvalue weighted by Gasteiger charge is -2.19. The van der Waals surface area contributed by atoms with Gasteiger partial charge in [-0.15, -0.1) is 0 Å². The molecule has 0 saturated heterocycles. The molecule has 0 aliphatic rings. The van der Waals surface area contributed by atoms with Crippen LogP contribution in [0.15, 0.2) is 0 Å². The minimum absolute atomic E-state index is 0.176. The molecule has 0 fully saturated rings. The number of aliphatic hydroxyl groups is 1. The Labute approximate surface area is 111 Å². The van der Waals surface area contributed by atoms with Gasteiger partial charge in [-0.3, -0.25) is 9.68 Å². The van der Waals surface area contributed by atoms with Crippen LogP contribution in [0.4, 0.5) is 0 Å². The number of nitrogens with one attached hydrogen (secondary N) is 2. The predicted octanol–water partition coefficient (Wildman–Crippen LogP) is -2.47. The third-order valence-electron chi connectivity index (χ3n) is 1.80. The summed E-state index contributed by atoms with van der Waals surface area (Å²) in [6.07, 6.45) is 0. The van der Waals surface area contributed by atoms with E-state index in [0.717, 1.165) is 0 Å². The maximum Gasteiger partial charge on any atom is 0.362 e. The third-order valence-corrected chi connectivity index (χ3v) is 1.80. The van der Waals surface area contributed by atoms with E-state index in [1.54, 1.807) is 20.8 Å². The zero-order valence-electron chi connectivity index (χ0n) is 11.3. The Morgan fingerprint density at radius 1 is 1.26 bits per heavy atom. The van der Waals surface area contributed by atoms with Crippen LogP contribution < -0.4 is 22.3 Å². The van der Waals surface area contributed by atoms with Crippen molar-refractivity contribution in [1.82, 2.24) is 10.8 Å². The van der Waals surface area contributed by atoms with Crippen LogP contribution in [-0.2, 0) is 19.5 Å². The van der Waals surface area contributed by atoms with E-state index in [-0.39, 0.29) is 6.54 Å². The van der Waals surface area contributed by atoms with E-state index in [9.17, 15) is 9.59 Å². The van der Waals surface area contributed by atoms with Crippen LogP contribution >= 0.6 is 0 Å². The number of amides is 1. The largest absolute Gasteiger partial charge is 0.394 e. The molecule has 0 aromatic rings. The molecule has 0 rings (SSSR count). The van der Waals surface area contributed by atoms with Crippen LogP contribution in [0.5, 0.6) is 0 Å². The molecule has 0 bridgehead atoms. The van der Waals surface area contributed by atoms with Crippen LogP contribution in [0.2, 0.25) is 0 Å². The molecule has 112 valence electrons. The molecule has 9 nitrogen and oxygen atoms in total. The second-order valence-corrected chi connectivity index (χ2v) is 4.98. The number of carbonyl (C=O) groups excluding carboxylic acids is 2. The first-order chi connectivity index (χ1) is 8.67. The fourth-order valence-corrected chi connectivity index (χ4v) is 0.757. The lowest BCUT2D eigenvalue weighted by atomic mass is 10.1. The molecule has 0 spiro atoms. The molecule has 2 atom stereocenters. The van der Waals surface area contributed by atoms with Crippen molar-refractivity contribution in [2.24, 2.45) is 11.5 Å². The zero-order chi connectivity index (χ0) is 15.1. The summed E-state index contributed by atoms with van der Waals surface area (Å²) in [6.45, 7) is 4.74. The van der Waals surface area contributed by atoms with Crippen molar-refractivity contribution >= 4 is 11.9 Å². The number of hydroxylamine groups is 1. The SMILES string of the molecule is CC(C)(C)NOOC(=O)[C@H](N)CNC(=O)C(N)CO. The molecule has 0 radical (unpaired) electrons. The first-order valence-corrected chi connectivity index (χ1v) is 5.71. The standard InChI is InChI=1S/C10H22N4O5/c1-10(2,3)14-19-18-9(17)6(11)4-13-8(16)7(12)5-15/h6-7,14-15H,4-5,11-12H2,1-3H3,(H,13,16)/t6-,7?/m1/s1. The summed E-state index contributed by atoms with van der Waals surface area (Å²) in [5.74, 6) is -1.46. The number of carbonyl (C=O) groups is 2. The maximum atomic E-state index is 11.3. The zero-order valence-corrected chi connectivity index (χ0v) is 11.3. The molecule has 7 N–H and O–H groups in total. The molecule has 0 aromatic carbocycles. The Hall–Kier alpha value is -1.26. The van der Waals surface area contributed by atoms with Crippen LogP contribution in [0.3, 0.4) is 0 Å². The van der Waals surface area contributed by atoms with Gasteiger partial charge in [0.05, 0.1) is 6.61 Å². The predicted molar refractivity (Wildman–Crippen MR) is 66.1 cm³/mol. The second-order valence-electron chi connectivity index (χ2n) is 4.98. The first-order valence-electron chi connectivity index (χ1n) is 5.71. The van der Waals surface area contributed by atoms with Crippen molar-refractivity contribution in [3.63, 3.8) is 0 Å². The molecule has 0 saturated carbocycles. The summed E-state index contributed by atoms with van der Waals surface area (Å²) in [5, 5.41) is 10.9. The first kappa shape index (κ1) is 17.7. The maximum absolute atomic E-state index is 11.3. The van der Waals surface area contributed by atoms with Crippen molar-refractivity contribution in [3.05, 3.63) is 0 Å². The van der Waals surface area contributed by atoms with Crippen LogP contribution in [0.1, 0.15) is 20.8 Å². The summed E-state index contributed by atoms with van der Waals surface area (Å²) in [6, 6.07) is -2.15. The molecule has 1 amide bonds. The minimum atomic E-state index is -1.10. The van der Waals surface area contributed by atoms with Crippen molar-refractivity contribution in [2.45, 2.75) is 38.4 Å². The number of rotatable bonds is 7. The molecular formula is C10H22N4O5. The third kappa shape index (κ3) is 8.46. The Morgan fingerprint density at radius 2 is 1.84 bits per heavy atom. The number of aliphatic hydroxyl groups excluding tert-OH is 1. The summed E-state index contributed by atoms with van der Waals surface area (Å²) >= 11 is 0. The van der Waals surface area contributed by atoms with Crippen molar-refractivity contribution in [2.75, 3.05) is 13.2 Å². The quantitative estimate of drug-likeness (QED) is 0.254. The molecule has 1 unspecified atom stereocenters. The van der Waals surface area contributed by atoms with Gasteiger partial charge in [-0.25, -0.2) is 4.79 Å². The second kappa shape index (κ2) is 8.02. The van der Waals surface area contributed by atoms with Gasteiger partial charge in [0.1, 0.15) is 12.1 Å². The highest BCUT2D eigenvalue weighted by Crippen LogP contribution is 1.98. The highest BCUT2D eigenvalue weighted by molar-refractivity contribution is 5.82. The Balaban J connectivity index is 3.91. The van der Waals surface area contributed by atoms with Crippen LogP contribution in [-0.4, -0.2) is 47.8 Å². The molecule has 0 aliphatic carbocycles. The van der Waals surface area contributed by atoms with Gasteiger partial charge in [-0.2, -0.15) is 5.48 Å². The topological polar surface area (TPSA) is 149 Å². The van der Waals surface area contributed by atoms with Crippen LogP contribution in [0, 0.1) is 0 Å². The van der Waals surface area contributed by atoms with Crippen molar-refractivity contribution in [3.8, 4) is 0 Å². The van der Waals surface area contributed by atoms with Gasteiger partial charge in [0, 0.05) is 12.1 Å². The average molecular weight is 278 g/mol. The van der Waals surface area contributed by atoms with E-state index >= 15 is 0 Å². The molecule has 0 aliphatic heterocycles. The molecule has 19 heavy (non-hydrogen) atoms. The summed E-state index contributed by atoms with van der Waals surface area (Å²) < 4.78 is 0. The van der Waals surface area contributed by atoms with E-state index < -0.39 is 36.1 Å². The smallest absolute Gasteiger partial charge is 0.362 e. The fourth-order valence-electron chi connectivity index (χ4n) is 0.757. The number of hydrogen-bond acceptors (Lipinski definition) is 8.